The third kappa shape index (κ3) is 2.89. The Balaban J connectivity index is 1.60. The predicted molar refractivity (Wildman–Crippen MR) is 96.3 cm³/mol. The van der Waals surface area contributed by atoms with E-state index in [1.807, 2.05) is 48.5 Å². The highest BCUT2D eigenvalue weighted by Crippen LogP contribution is 2.33. The average Bonchev–Trinajstić information content (AvgIpc) is 3.07. The second-order valence-electron chi connectivity index (χ2n) is 5.90. The van der Waals surface area contributed by atoms with Gasteiger partial charge < -0.3 is 9.47 Å². The Labute approximate surface area is 145 Å². The van der Waals surface area contributed by atoms with Gasteiger partial charge in [0, 0.05) is 11.9 Å². The van der Waals surface area contributed by atoms with Crippen molar-refractivity contribution < 1.29 is 14.3 Å². The fraction of sp³-hybridized carbons (Fsp3) is 0.200. The van der Waals surface area contributed by atoms with E-state index in [-0.39, 0.29) is 12.5 Å². The summed E-state index contributed by atoms with van der Waals surface area (Å²) in [6.45, 7) is 0.618. The lowest BCUT2D eigenvalue weighted by Crippen LogP contribution is -2.33. The van der Waals surface area contributed by atoms with Crippen molar-refractivity contribution in [3.05, 3.63) is 60.2 Å². The van der Waals surface area contributed by atoms with Crippen LogP contribution in [-0.2, 0) is 11.2 Å². The molecule has 0 saturated carbocycles. The highest BCUT2D eigenvalue weighted by atomic mass is 16.5. The largest absolute Gasteiger partial charge is 0.494 e. The van der Waals surface area contributed by atoms with E-state index in [0.717, 1.165) is 22.9 Å². The van der Waals surface area contributed by atoms with Crippen LogP contribution in [0.15, 0.2) is 54.6 Å². The molecule has 0 N–H and O–H groups in total. The number of pyridine rings is 1. The van der Waals surface area contributed by atoms with Gasteiger partial charge in [-0.15, -0.1) is 0 Å². The zero-order valence-electron chi connectivity index (χ0n) is 13.9. The third-order valence-electron chi connectivity index (χ3n) is 4.35. The molecular formula is C20H18N2O3. The number of para-hydroxylation sites is 2. The van der Waals surface area contributed by atoms with Crippen LogP contribution in [0, 0.1) is 0 Å². The van der Waals surface area contributed by atoms with Crippen LogP contribution in [-0.4, -0.2) is 31.2 Å². The van der Waals surface area contributed by atoms with Crippen LogP contribution in [0.4, 0.5) is 5.82 Å². The van der Waals surface area contributed by atoms with Crippen LogP contribution in [0.2, 0.25) is 0 Å². The number of hydrogen-bond donors (Lipinski definition) is 0. The summed E-state index contributed by atoms with van der Waals surface area (Å²) in [7, 11) is 1.63. The Hall–Kier alpha value is -3.08. The van der Waals surface area contributed by atoms with Crippen molar-refractivity contribution in [1.29, 1.82) is 0 Å². The highest BCUT2D eigenvalue weighted by molar-refractivity contribution is 5.98. The summed E-state index contributed by atoms with van der Waals surface area (Å²) in [6, 6.07) is 17.3. The molecule has 0 fully saturated rings. The number of aromatic nitrogens is 1. The first-order chi connectivity index (χ1) is 12.3. The molecule has 25 heavy (non-hydrogen) atoms. The number of anilines is 1. The van der Waals surface area contributed by atoms with Gasteiger partial charge in [0.05, 0.1) is 7.11 Å². The maximum Gasteiger partial charge on any atom is 0.266 e. The number of ether oxygens (including phenoxy) is 2. The fourth-order valence-electron chi connectivity index (χ4n) is 3.11. The molecule has 0 radical (unpaired) electrons. The lowest BCUT2D eigenvalue weighted by atomic mass is 10.1. The summed E-state index contributed by atoms with van der Waals surface area (Å²) in [5.74, 6) is 2.01. The number of fused-ring (bicyclic) bond motifs is 2. The number of carbonyl (C=O) groups is 1. The molecular weight excluding hydrogens is 316 g/mol. The first kappa shape index (κ1) is 15.4. The Morgan fingerprint density at radius 2 is 2.00 bits per heavy atom. The summed E-state index contributed by atoms with van der Waals surface area (Å²) < 4.78 is 11.0. The molecule has 2 heterocycles. The molecule has 0 unspecified atom stereocenters. The zero-order valence-corrected chi connectivity index (χ0v) is 13.9. The number of carbonyl (C=O) groups excluding carboxylic acids is 1. The molecule has 0 atom stereocenters. The van der Waals surface area contributed by atoms with Crippen LogP contribution < -0.4 is 14.4 Å². The Bertz CT molecular complexity index is 925. The first-order valence-corrected chi connectivity index (χ1v) is 8.21. The van der Waals surface area contributed by atoms with Gasteiger partial charge in [0.2, 0.25) is 0 Å². The number of benzene rings is 2. The molecule has 0 aliphatic carbocycles. The molecule has 5 heteroatoms. The Morgan fingerprint density at radius 1 is 1.16 bits per heavy atom. The van der Waals surface area contributed by atoms with Gasteiger partial charge in [0.15, 0.2) is 6.61 Å². The van der Waals surface area contributed by atoms with Gasteiger partial charge in [-0.2, -0.15) is 0 Å². The SMILES string of the molecule is COc1cccc2cc3c(nc12)N(C(=O)COc1ccccc1)CC3. The summed E-state index contributed by atoms with van der Waals surface area (Å²) in [6.07, 6.45) is 0.798. The zero-order chi connectivity index (χ0) is 17.2. The molecule has 1 aliphatic rings. The molecule has 0 spiro atoms. The van der Waals surface area contributed by atoms with Gasteiger partial charge in [-0.05, 0) is 36.2 Å². The standard InChI is InChI=1S/C20H18N2O3/c1-24-17-9-5-6-14-12-15-10-11-22(20(15)21-19(14)17)18(23)13-25-16-7-3-2-4-8-16/h2-9,12H,10-11,13H2,1H3. The van der Waals surface area contributed by atoms with Crippen molar-refractivity contribution in [2.45, 2.75) is 6.42 Å². The van der Waals surface area contributed by atoms with Crippen molar-refractivity contribution >= 4 is 22.6 Å². The Kier molecular flexibility index (Phi) is 3.98. The summed E-state index contributed by atoms with van der Waals surface area (Å²) in [5, 5.41) is 1.02. The van der Waals surface area contributed by atoms with E-state index < -0.39 is 0 Å². The lowest BCUT2D eigenvalue weighted by molar-refractivity contribution is -0.120. The van der Waals surface area contributed by atoms with Gasteiger partial charge in [-0.1, -0.05) is 30.3 Å². The Morgan fingerprint density at radius 3 is 2.80 bits per heavy atom. The number of nitrogens with zero attached hydrogens (tertiary/aromatic N) is 2. The van der Waals surface area contributed by atoms with Crippen molar-refractivity contribution in [3.63, 3.8) is 0 Å². The van der Waals surface area contributed by atoms with Crippen molar-refractivity contribution in [2.24, 2.45) is 0 Å². The van der Waals surface area contributed by atoms with Crippen LogP contribution in [0.5, 0.6) is 11.5 Å². The van der Waals surface area contributed by atoms with Gasteiger partial charge >= 0.3 is 0 Å². The number of methoxy groups -OCH3 is 1. The van der Waals surface area contributed by atoms with E-state index >= 15 is 0 Å². The van der Waals surface area contributed by atoms with Crippen LogP contribution in [0.25, 0.3) is 10.9 Å². The molecule has 1 amide bonds. The van der Waals surface area contributed by atoms with Gasteiger partial charge in [-0.3, -0.25) is 9.69 Å². The van der Waals surface area contributed by atoms with E-state index in [1.165, 1.54) is 0 Å². The van der Waals surface area contributed by atoms with Crippen molar-refractivity contribution in [1.82, 2.24) is 4.98 Å². The van der Waals surface area contributed by atoms with Crippen LogP contribution >= 0.6 is 0 Å². The maximum absolute atomic E-state index is 12.6. The number of amides is 1. The van der Waals surface area contributed by atoms with Crippen molar-refractivity contribution in [2.75, 3.05) is 25.2 Å². The molecule has 2 aromatic carbocycles. The molecule has 4 rings (SSSR count). The first-order valence-electron chi connectivity index (χ1n) is 8.21. The normalized spacial score (nSPS) is 12.9. The monoisotopic (exact) mass is 334 g/mol. The number of rotatable bonds is 4. The molecule has 1 aromatic heterocycles. The van der Waals surface area contributed by atoms with Gasteiger partial charge in [0.25, 0.3) is 5.91 Å². The van der Waals surface area contributed by atoms with Crippen LogP contribution in [0.3, 0.4) is 0 Å². The molecule has 0 bridgehead atoms. The smallest absolute Gasteiger partial charge is 0.266 e. The minimum atomic E-state index is -0.0932. The molecule has 5 nitrogen and oxygen atoms in total. The molecule has 126 valence electrons. The topological polar surface area (TPSA) is 51.7 Å². The number of hydrogen-bond acceptors (Lipinski definition) is 4. The van der Waals surface area contributed by atoms with Crippen molar-refractivity contribution in [3.8, 4) is 11.5 Å². The second-order valence-corrected chi connectivity index (χ2v) is 5.90. The van der Waals surface area contributed by atoms with E-state index in [2.05, 4.69) is 6.07 Å². The quantitative estimate of drug-likeness (QED) is 0.735. The van der Waals surface area contributed by atoms with Gasteiger partial charge in [-0.25, -0.2) is 4.98 Å². The van der Waals surface area contributed by atoms with E-state index in [4.69, 9.17) is 14.5 Å². The summed E-state index contributed by atoms with van der Waals surface area (Å²) in [4.78, 5) is 19.0. The molecule has 0 saturated heterocycles. The average molecular weight is 334 g/mol. The van der Waals surface area contributed by atoms with E-state index in [1.54, 1.807) is 12.0 Å². The second kappa shape index (κ2) is 6.43. The van der Waals surface area contributed by atoms with Crippen LogP contribution in [0.1, 0.15) is 5.56 Å². The van der Waals surface area contributed by atoms with Gasteiger partial charge in [0.1, 0.15) is 22.8 Å². The lowest BCUT2D eigenvalue weighted by Gasteiger charge is -2.17. The third-order valence-corrected chi connectivity index (χ3v) is 4.35. The minimum Gasteiger partial charge on any atom is -0.494 e. The predicted octanol–water partition coefficient (Wildman–Crippen LogP) is 3.21. The minimum absolute atomic E-state index is 0.00487. The summed E-state index contributed by atoms with van der Waals surface area (Å²) in [5.41, 5.74) is 1.85. The fourth-order valence-corrected chi connectivity index (χ4v) is 3.11. The maximum atomic E-state index is 12.6. The molecule has 3 aromatic rings. The van der Waals surface area contributed by atoms with E-state index in [9.17, 15) is 4.79 Å². The molecule has 1 aliphatic heterocycles. The van der Waals surface area contributed by atoms with E-state index in [0.29, 0.717) is 23.9 Å². The highest BCUT2D eigenvalue weighted by Gasteiger charge is 2.27. The summed E-state index contributed by atoms with van der Waals surface area (Å²) >= 11 is 0.